The molecule has 0 spiro atoms. The highest BCUT2D eigenvalue weighted by Crippen LogP contribution is 2.27. The van der Waals surface area contributed by atoms with Crippen LogP contribution >= 0.6 is 15.9 Å². The Labute approximate surface area is 127 Å². The molecule has 0 aliphatic heterocycles. The molecule has 0 saturated heterocycles. The van der Waals surface area contributed by atoms with E-state index in [4.69, 9.17) is 4.74 Å². The van der Waals surface area contributed by atoms with Crippen LogP contribution in [0.3, 0.4) is 0 Å². The SMILES string of the molecule is CNC(C)c1ccc(F)cc1OCc1cccc(Br)c1. The van der Waals surface area contributed by atoms with E-state index in [9.17, 15) is 4.39 Å². The number of rotatable bonds is 5. The molecule has 0 fully saturated rings. The Balaban J connectivity index is 2.18. The standard InChI is InChI=1S/C16H17BrFNO/c1-11(19-2)15-7-6-14(18)9-16(15)20-10-12-4-3-5-13(17)8-12/h3-9,11,19H,10H2,1-2H3. The van der Waals surface area contributed by atoms with Crippen LogP contribution in [0.5, 0.6) is 5.75 Å². The van der Waals surface area contributed by atoms with Crippen LogP contribution in [0.2, 0.25) is 0 Å². The third-order valence-electron chi connectivity index (χ3n) is 3.16. The zero-order chi connectivity index (χ0) is 14.5. The predicted octanol–water partition coefficient (Wildman–Crippen LogP) is 4.45. The van der Waals surface area contributed by atoms with Crippen LogP contribution in [0.1, 0.15) is 24.1 Å². The van der Waals surface area contributed by atoms with Crippen molar-refractivity contribution >= 4 is 15.9 Å². The van der Waals surface area contributed by atoms with Gasteiger partial charge in [0.05, 0.1) is 0 Å². The van der Waals surface area contributed by atoms with Gasteiger partial charge in [0, 0.05) is 22.1 Å². The monoisotopic (exact) mass is 337 g/mol. The number of hydrogen-bond donors (Lipinski definition) is 1. The molecular weight excluding hydrogens is 321 g/mol. The maximum absolute atomic E-state index is 13.4. The van der Waals surface area contributed by atoms with Gasteiger partial charge in [0.1, 0.15) is 18.2 Å². The number of nitrogens with one attached hydrogen (secondary N) is 1. The molecule has 0 aromatic heterocycles. The molecule has 0 aliphatic rings. The van der Waals surface area contributed by atoms with E-state index in [1.54, 1.807) is 6.07 Å². The quantitative estimate of drug-likeness (QED) is 0.870. The van der Waals surface area contributed by atoms with E-state index in [0.717, 1.165) is 15.6 Å². The highest BCUT2D eigenvalue weighted by atomic mass is 79.9. The Morgan fingerprint density at radius 1 is 1.25 bits per heavy atom. The maximum Gasteiger partial charge on any atom is 0.127 e. The first-order chi connectivity index (χ1) is 9.60. The van der Waals surface area contributed by atoms with E-state index in [1.807, 2.05) is 38.2 Å². The zero-order valence-electron chi connectivity index (χ0n) is 11.5. The van der Waals surface area contributed by atoms with Crippen molar-refractivity contribution < 1.29 is 9.13 Å². The third kappa shape index (κ3) is 3.81. The molecule has 2 rings (SSSR count). The summed E-state index contributed by atoms with van der Waals surface area (Å²) in [7, 11) is 1.87. The van der Waals surface area contributed by atoms with Gasteiger partial charge in [-0.1, -0.05) is 34.1 Å². The number of benzene rings is 2. The van der Waals surface area contributed by atoms with Crippen LogP contribution in [-0.4, -0.2) is 7.05 Å². The van der Waals surface area contributed by atoms with Gasteiger partial charge in [0.2, 0.25) is 0 Å². The minimum Gasteiger partial charge on any atom is -0.488 e. The molecule has 0 amide bonds. The average Bonchev–Trinajstić information content (AvgIpc) is 2.44. The number of hydrogen-bond acceptors (Lipinski definition) is 2. The van der Waals surface area contributed by atoms with E-state index >= 15 is 0 Å². The molecule has 0 bridgehead atoms. The van der Waals surface area contributed by atoms with Gasteiger partial charge in [-0.3, -0.25) is 0 Å². The van der Waals surface area contributed by atoms with Crippen LogP contribution in [0.25, 0.3) is 0 Å². The van der Waals surface area contributed by atoms with Crippen molar-refractivity contribution in [2.75, 3.05) is 7.05 Å². The summed E-state index contributed by atoms with van der Waals surface area (Å²) in [4.78, 5) is 0. The first-order valence-corrected chi connectivity index (χ1v) is 7.23. The summed E-state index contributed by atoms with van der Waals surface area (Å²) >= 11 is 3.42. The van der Waals surface area contributed by atoms with E-state index in [1.165, 1.54) is 12.1 Å². The predicted molar refractivity (Wildman–Crippen MR) is 82.3 cm³/mol. The molecule has 0 saturated carbocycles. The average molecular weight is 338 g/mol. The zero-order valence-corrected chi connectivity index (χ0v) is 13.1. The summed E-state index contributed by atoms with van der Waals surface area (Å²) in [6.07, 6.45) is 0. The Hall–Kier alpha value is -1.39. The Morgan fingerprint density at radius 2 is 2.05 bits per heavy atom. The lowest BCUT2D eigenvalue weighted by atomic mass is 10.1. The van der Waals surface area contributed by atoms with Crippen LogP contribution < -0.4 is 10.1 Å². The molecule has 4 heteroatoms. The fourth-order valence-electron chi connectivity index (χ4n) is 1.93. The van der Waals surface area contributed by atoms with Gasteiger partial charge in [0.15, 0.2) is 0 Å². The summed E-state index contributed by atoms with van der Waals surface area (Å²) in [6, 6.07) is 12.6. The van der Waals surface area contributed by atoms with E-state index in [-0.39, 0.29) is 11.9 Å². The van der Waals surface area contributed by atoms with Crippen LogP contribution in [0.15, 0.2) is 46.9 Å². The summed E-state index contributed by atoms with van der Waals surface area (Å²) in [5.74, 6) is 0.285. The molecule has 0 aliphatic carbocycles. The first kappa shape index (κ1) is 15.0. The van der Waals surface area contributed by atoms with Crippen LogP contribution in [0.4, 0.5) is 4.39 Å². The van der Waals surface area contributed by atoms with Crippen molar-refractivity contribution in [2.45, 2.75) is 19.6 Å². The molecule has 0 heterocycles. The summed E-state index contributed by atoms with van der Waals surface area (Å²) in [5, 5.41) is 3.14. The normalized spacial score (nSPS) is 12.2. The molecular formula is C16H17BrFNO. The molecule has 1 N–H and O–H groups in total. The van der Waals surface area contributed by atoms with Gasteiger partial charge in [-0.15, -0.1) is 0 Å². The molecule has 1 atom stereocenters. The van der Waals surface area contributed by atoms with Crippen molar-refractivity contribution in [1.82, 2.24) is 5.32 Å². The molecule has 1 unspecified atom stereocenters. The Morgan fingerprint density at radius 3 is 2.75 bits per heavy atom. The lowest BCUT2D eigenvalue weighted by Crippen LogP contribution is -2.14. The molecule has 20 heavy (non-hydrogen) atoms. The Bertz CT molecular complexity index is 588. The molecule has 2 aromatic carbocycles. The largest absolute Gasteiger partial charge is 0.488 e. The Kier molecular flexibility index (Phi) is 5.15. The highest BCUT2D eigenvalue weighted by Gasteiger charge is 2.11. The van der Waals surface area contributed by atoms with Crippen molar-refractivity contribution in [1.29, 1.82) is 0 Å². The maximum atomic E-state index is 13.4. The highest BCUT2D eigenvalue weighted by molar-refractivity contribution is 9.10. The van der Waals surface area contributed by atoms with Crippen LogP contribution in [-0.2, 0) is 6.61 Å². The fraction of sp³-hybridized carbons (Fsp3) is 0.250. The van der Waals surface area contributed by atoms with Gasteiger partial charge < -0.3 is 10.1 Å². The number of halogens is 2. The van der Waals surface area contributed by atoms with E-state index in [0.29, 0.717) is 12.4 Å². The van der Waals surface area contributed by atoms with Gasteiger partial charge >= 0.3 is 0 Å². The van der Waals surface area contributed by atoms with Crippen molar-refractivity contribution in [2.24, 2.45) is 0 Å². The lowest BCUT2D eigenvalue weighted by molar-refractivity contribution is 0.298. The van der Waals surface area contributed by atoms with Gasteiger partial charge in [-0.25, -0.2) is 4.39 Å². The van der Waals surface area contributed by atoms with E-state index in [2.05, 4.69) is 21.2 Å². The van der Waals surface area contributed by atoms with Gasteiger partial charge in [-0.2, -0.15) is 0 Å². The topological polar surface area (TPSA) is 21.3 Å². The van der Waals surface area contributed by atoms with Crippen molar-refractivity contribution in [3.8, 4) is 5.75 Å². The lowest BCUT2D eigenvalue weighted by Gasteiger charge is -2.16. The van der Waals surface area contributed by atoms with Gasteiger partial charge in [0.25, 0.3) is 0 Å². The van der Waals surface area contributed by atoms with Crippen molar-refractivity contribution in [3.63, 3.8) is 0 Å². The molecule has 106 valence electrons. The smallest absolute Gasteiger partial charge is 0.127 e. The molecule has 2 nitrogen and oxygen atoms in total. The van der Waals surface area contributed by atoms with E-state index < -0.39 is 0 Å². The second-order valence-electron chi connectivity index (χ2n) is 4.61. The third-order valence-corrected chi connectivity index (χ3v) is 3.65. The summed E-state index contributed by atoms with van der Waals surface area (Å²) < 4.78 is 20.2. The molecule has 2 aromatic rings. The second kappa shape index (κ2) is 6.86. The second-order valence-corrected chi connectivity index (χ2v) is 5.53. The fourth-order valence-corrected chi connectivity index (χ4v) is 2.38. The molecule has 0 radical (unpaired) electrons. The van der Waals surface area contributed by atoms with Gasteiger partial charge in [-0.05, 0) is 37.7 Å². The minimum absolute atomic E-state index is 0.105. The first-order valence-electron chi connectivity index (χ1n) is 6.44. The minimum atomic E-state index is -0.290. The summed E-state index contributed by atoms with van der Waals surface area (Å²) in [5.41, 5.74) is 1.98. The van der Waals surface area contributed by atoms with Crippen LogP contribution in [0, 0.1) is 5.82 Å². The summed E-state index contributed by atoms with van der Waals surface area (Å²) in [6.45, 7) is 2.42. The van der Waals surface area contributed by atoms with Crippen molar-refractivity contribution in [3.05, 3.63) is 63.9 Å². The number of ether oxygens (including phenoxy) is 1.